The maximum atomic E-state index is 12.9. The number of para-hydroxylation sites is 2. The lowest BCUT2D eigenvalue weighted by molar-refractivity contribution is -0.126. The van der Waals surface area contributed by atoms with Gasteiger partial charge in [0.1, 0.15) is 5.75 Å². The molecular formula is C17H23N3O4. The summed E-state index contributed by atoms with van der Waals surface area (Å²) in [5, 5.41) is 0. The molecule has 1 aromatic carbocycles. The molecule has 0 radical (unpaired) electrons. The van der Waals surface area contributed by atoms with Crippen molar-refractivity contribution in [2.45, 2.75) is 32.1 Å². The first-order valence-electron chi connectivity index (χ1n) is 8.16. The molecule has 2 amide bonds. The minimum absolute atomic E-state index is 0.0713. The predicted molar refractivity (Wildman–Crippen MR) is 88.9 cm³/mol. The zero-order valence-electron chi connectivity index (χ0n) is 14.0. The maximum absolute atomic E-state index is 12.9. The average molecular weight is 333 g/mol. The van der Waals surface area contributed by atoms with Crippen LogP contribution in [0.2, 0.25) is 0 Å². The van der Waals surface area contributed by atoms with E-state index in [9.17, 15) is 9.59 Å². The Kier molecular flexibility index (Phi) is 4.73. The van der Waals surface area contributed by atoms with Crippen LogP contribution in [0.1, 0.15) is 13.8 Å². The lowest BCUT2D eigenvalue weighted by Gasteiger charge is -2.39. The molecule has 0 aromatic heterocycles. The van der Waals surface area contributed by atoms with Crippen LogP contribution in [0.15, 0.2) is 24.3 Å². The Labute approximate surface area is 141 Å². The van der Waals surface area contributed by atoms with Gasteiger partial charge in [-0.15, -0.1) is 0 Å². The molecule has 130 valence electrons. The third-order valence-corrected chi connectivity index (χ3v) is 4.47. The van der Waals surface area contributed by atoms with Gasteiger partial charge in [-0.2, -0.15) is 0 Å². The van der Waals surface area contributed by atoms with Crippen molar-refractivity contribution >= 4 is 17.5 Å². The molecule has 0 spiro atoms. The highest BCUT2D eigenvalue weighted by atomic mass is 16.5. The predicted octanol–water partition coefficient (Wildman–Crippen LogP) is 0.375. The molecule has 7 heteroatoms. The van der Waals surface area contributed by atoms with Crippen LogP contribution in [-0.2, 0) is 14.3 Å². The van der Waals surface area contributed by atoms with Crippen molar-refractivity contribution in [3.05, 3.63) is 24.3 Å². The molecule has 2 N–H and O–H groups in total. The fourth-order valence-electron chi connectivity index (χ4n) is 3.07. The smallest absolute Gasteiger partial charge is 0.260 e. The molecule has 1 fully saturated rings. The molecule has 1 aromatic rings. The van der Waals surface area contributed by atoms with Gasteiger partial charge in [0.15, 0.2) is 6.10 Å². The van der Waals surface area contributed by atoms with Crippen LogP contribution < -0.4 is 15.4 Å². The maximum Gasteiger partial charge on any atom is 0.260 e. The third-order valence-electron chi connectivity index (χ3n) is 4.47. The summed E-state index contributed by atoms with van der Waals surface area (Å²) in [6.07, 6.45) is -0.728. The number of nitrogens with two attached hydrogens (primary N) is 1. The molecule has 7 nitrogen and oxygen atoms in total. The highest BCUT2D eigenvalue weighted by molar-refractivity contribution is 5.98. The van der Waals surface area contributed by atoms with Crippen molar-refractivity contribution in [3.8, 4) is 5.75 Å². The van der Waals surface area contributed by atoms with Crippen LogP contribution in [0.3, 0.4) is 0 Å². The molecule has 3 rings (SSSR count). The number of nitrogens with zero attached hydrogens (tertiary/aromatic N) is 2. The first kappa shape index (κ1) is 16.7. The molecule has 3 atom stereocenters. The summed E-state index contributed by atoms with van der Waals surface area (Å²) in [6.45, 7) is 5.76. The number of ether oxygens (including phenoxy) is 2. The van der Waals surface area contributed by atoms with Gasteiger partial charge in [-0.1, -0.05) is 12.1 Å². The number of benzene rings is 1. The standard InChI is InChI=1S/C17H23N3O4/c1-11-10-23-12(2)7-19(11)9-16(21)20-8-15(17(18)22)24-14-6-4-3-5-13(14)20/h3-6,11-12,15H,7-10H2,1-2H3,(H2,18,22)/t11-,12-,15+/m1/s1. The second-order valence-corrected chi connectivity index (χ2v) is 6.40. The Morgan fingerprint density at radius 2 is 2.00 bits per heavy atom. The Bertz CT molecular complexity index is 636. The Hall–Kier alpha value is -2.12. The monoisotopic (exact) mass is 333 g/mol. The van der Waals surface area contributed by atoms with Gasteiger partial charge in [0.05, 0.1) is 31.5 Å². The molecule has 0 bridgehead atoms. The molecule has 0 aliphatic carbocycles. The minimum atomic E-state index is -0.829. The van der Waals surface area contributed by atoms with Gasteiger partial charge < -0.3 is 20.1 Å². The van der Waals surface area contributed by atoms with Gasteiger partial charge in [0.2, 0.25) is 5.91 Å². The van der Waals surface area contributed by atoms with Crippen molar-refractivity contribution in [2.75, 3.05) is 31.1 Å². The molecule has 2 aliphatic heterocycles. The second kappa shape index (κ2) is 6.78. The number of morpholine rings is 1. The quantitative estimate of drug-likeness (QED) is 0.864. The molecule has 24 heavy (non-hydrogen) atoms. The van der Waals surface area contributed by atoms with Crippen LogP contribution in [0.4, 0.5) is 5.69 Å². The van der Waals surface area contributed by atoms with E-state index in [2.05, 4.69) is 4.90 Å². The van der Waals surface area contributed by atoms with Crippen molar-refractivity contribution < 1.29 is 19.1 Å². The van der Waals surface area contributed by atoms with Crippen LogP contribution in [0.25, 0.3) is 0 Å². The minimum Gasteiger partial charge on any atom is -0.477 e. The van der Waals surface area contributed by atoms with Crippen LogP contribution >= 0.6 is 0 Å². The van der Waals surface area contributed by atoms with E-state index in [1.54, 1.807) is 17.0 Å². The molecule has 2 heterocycles. The second-order valence-electron chi connectivity index (χ2n) is 6.40. The molecule has 0 saturated carbocycles. The number of rotatable bonds is 3. The molecule has 0 unspecified atom stereocenters. The largest absolute Gasteiger partial charge is 0.477 e. The van der Waals surface area contributed by atoms with Crippen molar-refractivity contribution in [3.63, 3.8) is 0 Å². The van der Waals surface area contributed by atoms with Gasteiger partial charge in [-0.05, 0) is 26.0 Å². The first-order valence-corrected chi connectivity index (χ1v) is 8.16. The number of anilines is 1. The summed E-state index contributed by atoms with van der Waals surface area (Å²) >= 11 is 0. The first-order chi connectivity index (χ1) is 11.5. The third kappa shape index (κ3) is 3.37. The van der Waals surface area contributed by atoms with E-state index >= 15 is 0 Å². The van der Waals surface area contributed by atoms with E-state index in [0.29, 0.717) is 24.6 Å². The number of carbonyl (C=O) groups excluding carboxylic acids is 2. The zero-order valence-corrected chi connectivity index (χ0v) is 14.0. The normalized spacial score (nSPS) is 27.2. The highest BCUT2D eigenvalue weighted by Gasteiger charge is 2.34. The van der Waals surface area contributed by atoms with Crippen LogP contribution in [0, 0.1) is 0 Å². The van der Waals surface area contributed by atoms with Crippen molar-refractivity contribution in [1.82, 2.24) is 4.90 Å². The number of carbonyl (C=O) groups is 2. The summed E-state index contributed by atoms with van der Waals surface area (Å²) in [5.41, 5.74) is 6.06. The van der Waals surface area contributed by atoms with E-state index in [1.165, 1.54) is 0 Å². The van der Waals surface area contributed by atoms with Crippen LogP contribution in [0.5, 0.6) is 5.75 Å². The Morgan fingerprint density at radius 3 is 2.75 bits per heavy atom. The summed E-state index contributed by atoms with van der Waals surface area (Å²) in [4.78, 5) is 28.1. The van der Waals surface area contributed by atoms with E-state index < -0.39 is 12.0 Å². The van der Waals surface area contributed by atoms with E-state index in [-0.39, 0.29) is 31.1 Å². The number of hydrogen-bond acceptors (Lipinski definition) is 5. The zero-order chi connectivity index (χ0) is 17.3. The lowest BCUT2D eigenvalue weighted by atomic mass is 10.1. The number of primary amides is 1. The summed E-state index contributed by atoms with van der Waals surface area (Å²) in [7, 11) is 0. The number of amides is 2. The fourth-order valence-corrected chi connectivity index (χ4v) is 3.07. The van der Waals surface area contributed by atoms with Crippen LogP contribution in [-0.4, -0.2) is 61.2 Å². The van der Waals surface area contributed by atoms with E-state index in [0.717, 1.165) is 0 Å². The van der Waals surface area contributed by atoms with Gasteiger partial charge in [-0.3, -0.25) is 14.5 Å². The average Bonchev–Trinajstić information content (AvgIpc) is 2.57. The van der Waals surface area contributed by atoms with E-state index in [4.69, 9.17) is 15.2 Å². The highest BCUT2D eigenvalue weighted by Crippen LogP contribution is 2.33. The molecular weight excluding hydrogens is 310 g/mol. The van der Waals surface area contributed by atoms with Gasteiger partial charge >= 0.3 is 0 Å². The SMILES string of the molecule is C[C@@H]1CN(CC(=O)N2C[C@@H](C(N)=O)Oc3ccccc32)[C@H](C)CO1. The Morgan fingerprint density at radius 1 is 1.25 bits per heavy atom. The van der Waals surface area contributed by atoms with Gasteiger partial charge in [-0.25, -0.2) is 0 Å². The van der Waals surface area contributed by atoms with E-state index in [1.807, 2.05) is 26.0 Å². The van der Waals surface area contributed by atoms with Crippen molar-refractivity contribution in [1.29, 1.82) is 0 Å². The summed E-state index contributed by atoms with van der Waals surface area (Å²) < 4.78 is 11.2. The topological polar surface area (TPSA) is 85.1 Å². The fraction of sp³-hybridized carbons (Fsp3) is 0.529. The number of hydrogen-bond donors (Lipinski definition) is 1. The summed E-state index contributed by atoms with van der Waals surface area (Å²) in [5.74, 6) is -0.141. The molecule has 1 saturated heterocycles. The molecule has 2 aliphatic rings. The lowest BCUT2D eigenvalue weighted by Crippen LogP contribution is -2.55. The van der Waals surface area contributed by atoms with Gasteiger partial charge in [0.25, 0.3) is 5.91 Å². The van der Waals surface area contributed by atoms with Crippen molar-refractivity contribution in [2.24, 2.45) is 5.73 Å². The number of fused-ring (bicyclic) bond motifs is 1. The van der Waals surface area contributed by atoms with Gasteiger partial charge in [0, 0.05) is 12.6 Å². The summed E-state index contributed by atoms with van der Waals surface area (Å²) in [6, 6.07) is 7.37. The Balaban J connectivity index is 1.79.